The first-order chi connectivity index (χ1) is 7.81. The van der Waals surface area contributed by atoms with E-state index in [9.17, 15) is 0 Å². The van der Waals surface area contributed by atoms with Gasteiger partial charge in [-0.3, -0.25) is 0 Å². The summed E-state index contributed by atoms with van der Waals surface area (Å²) in [5.41, 5.74) is 1.93. The van der Waals surface area contributed by atoms with E-state index in [2.05, 4.69) is 13.0 Å². The third kappa shape index (κ3) is 2.58. The van der Waals surface area contributed by atoms with Crippen molar-refractivity contribution in [2.75, 3.05) is 6.61 Å². The molecule has 0 spiro atoms. The second-order valence-electron chi connectivity index (χ2n) is 3.98. The summed E-state index contributed by atoms with van der Waals surface area (Å²) < 4.78 is 5.52. The highest BCUT2D eigenvalue weighted by Gasteiger charge is 2.24. The lowest BCUT2D eigenvalue weighted by Crippen LogP contribution is -2.13. The Morgan fingerprint density at radius 1 is 1.50 bits per heavy atom. The van der Waals surface area contributed by atoms with Crippen molar-refractivity contribution in [3.05, 3.63) is 35.4 Å². The van der Waals surface area contributed by atoms with Crippen LogP contribution >= 0.6 is 11.8 Å². The normalized spacial score (nSPS) is 24.2. The molecule has 1 saturated heterocycles. The molecule has 2 rings (SSSR count). The predicted molar refractivity (Wildman–Crippen MR) is 66.3 cm³/mol. The van der Waals surface area contributed by atoms with Crippen LogP contribution in [0.4, 0.5) is 0 Å². The first kappa shape index (κ1) is 11.5. The monoisotopic (exact) mass is 233 g/mol. The van der Waals surface area contributed by atoms with Gasteiger partial charge in [0.1, 0.15) is 0 Å². The van der Waals surface area contributed by atoms with E-state index in [0.717, 1.165) is 29.9 Å². The lowest BCUT2D eigenvalue weighted by Gasteiger charge is -2.13. The average molecular weight is 233 g/mol. The van der Waals surface area contributed by atoms with Gasteiger partial charge in [0.15, 0.2) is 0 Å². The molecule has 84 valence electrons. The standard InChI is InChI=1S/C13H15NOS/c1-10-13(6-7-15-10)16-9-12-5-3-2-4-11(12)8-14/h2-5,10,13H,6-7,9H2,1H3. The molecule has 0 saturated carbocycles. The van der Waals surface area contributed by atoms with Gasteiger partial charge in [0.2, 0.25) is 0 Å². The van der Waals surface area contributed by atoms with E-state index in [1.165, 1.54) is 0 Å². The van der Waals surface area contributed by atoms with Crippen molar-refractivity contribution in [1.82, 2.24) is 0 Å². The summed E-state index contributed by atoms with van der Waals surface area (Å²) in [6, 6.07) is 10.1. The molecule has 1 fully saturated rings. The minimum atomic E-state index is 0.347. The summed E-state index contributed by atoms with van der Waals surface area (Å²) in [6.07, 6.45) is 1.47. The average Bonchev–Trinajstić information content (AvgIpc) is 2.72. The maximum absolute atomic E-state index is 8.98. The van der Waals surface area contributed by atoms with Crippen molar-refractivity contribution >= 4 is 11.8 Å². The van der Waals surface area contributed by atoms with Gasteiger partial charge in [0.05, 0.1) is 17.7 Å². The van der Waals surface area contributed by atoms with Gasteiger partial charge in [-0.1, -0.05) is 18.2 Å². The predicted octanol–water partition coefficient (Wildman–Crippen LogP) is 2.97. The van der Waals surface area contributed by atoms with Crippen LogP contribution in [0.3, 0.4) is 0 Å². The molecule has 0 aliphatic carbocycles. The molecule has 1 aliphatic rings. The number of nitriles is 1. The number of ether oxygens (including phenoxy) is 1. The van der Waals surface area contributed by atoms with E-state index in [-0.39, 0.29) is 0 Å². The molecule has 16 heavy (non-hydrogen) atoms. The molecule has 2 atom stereocenters. The molecule has 3 heteroatoms. The number of hydrogen-bond donors (Lipinski definition) is 0. The molecule has 2 nitrogen and oxygen atoms in total. The molecule has 1 aliphatic heterocycles. The Bertz CT molecular complexity index is 399. The van der Waals surface area contributed by atoms with E-state index in [4.69, 9.17) is 10.00 Å². The van der Waals surface area contributed by atoms with Crippen molar-refractivity contribution in [2.45, 2.75) is 30.5 Å². The van der Waals surface area contributed by atoms with E-state index in [1.807, 2.05) is 36.0 Å². The van der Waals surface area contributed by atoms with Crippen LogP contribution in [-0.2, 0) is 10.5 Å². The summed E-state index contributed by atoms with van der Waals surface area (Å²) in [6.45, 7) is 3.00. The molecule has 0 bridgehead atoms. The van der Waals surface area contributed by atoms with Crippen LogP contribution in [0.1, 0.15) is 24.5 Å². The molecule has 0 N–H and O–H groups in total. The van der Waals surface area contributed by atoms with Gasteiger partial charge < -0.3 is 4.74 Å². The highest BCUT2D eigenvalue weighted by Crippen LogP contribution is 2.29. The van der Waals surface area contributed by atoms with Crippen molar-refractivity contribution < 1.29 is 4.74 Å². The maximum Gasteiger partial charge on any atom is 0.0994 e. The fraction of sp³-hybridized carbons (Fsp3) is 0.462. The lowest BCUT2D eigenvalue weighted by atomic mass is 10.1. The minimum Gasteiger partial charge on any atom is -0.377 e. The third-order valence-corrected chi connectivity index (χ3v) is 4.42. The zero-order valence-corrected chi connectivity index (χ0v) is 10.2. The van der Waals surface area contributed by atoms with Gasteiger partial charge in [-0.15, -0.1) is 0 Å². The van der Waals surface area contributed by atoms with Crippen LogP contribution in [-0.4, -0.2) is 18.0 Å². The van der Waals surface area contributed by atoms with Crippen LogP contribution in [0, 0.1) is 11.3 Å². The molecular weight excluding hydrogens is 218 g/mol. The highest BCUT2D eigenvalue weighted by atomic mass is 32.2. The van der Waals surface area contributed by atoms with Gasteiger partial charge in [-0.05, 0) is 25.0 Å². The van der Waals surface area contributed by atoms with Gasteiger partial charge in [0, 0.05) is 17.6 Å². The van der Waals surface area contributed by atoms with Gasteiger partial charge in [0.25, 0.3) is 0 Å². The number of rotatable bonds is 3. The zero-order valence-electron chi connectivity index (χ0n) is 9.35. The molecule has 0 radical (unpaired) electrons. The Labute approximate surface area is 101 Å². The zero-order chi connectivity index (χ0) is 11.4. The van der Waals surface area contributed by atoms with Crippen LogP contribution in [0.5, 0.6) is 0 Å². The smallest absolute Gasteiger partial charge is 0.0994 e. The van der Waals surface area contributed by atoms with E-state index in [1.54, 1.807) is 0 Å². The molecule has 2 unspecified atom stereocenters. The Morgan fingerprint density at radius 3 is 3.00 bits per heavy atom. The first-order valence-electron chi connectivity index (χ1n) is 5.52. The van der Waals surface area contributed by atoms with Gasteiger partial charge in [-0.25, -0.2) is 0 Å². The van der Waals surface area contributed by atoms with Crippen molar-refractivity contribution in [3.8, 4) is 6.07 Å². The highest BCUT2D eigenvalue weighted by molar-refractivity contribution is 7.99. The molecule has 1 heterocycles. The van der Waals surface area contributed by atoms with Gasteiger partial charge >= 0.3 is 0 Å². The van der Waals surface area contributed by atoms with E-state index in [0.29, 0.717) is 11.4 Å². The molecule has 1 aromatic carbocycles. The fourth-order valence-electron chi connectivity index (χ4n) is 1.88. The second-order valence-corrected chi connectivity index (χ2v) is 5.21. The van der Waals surface area contributed by atoms with Crippen LogP contribution in [0.25, 0.3) is 0 Å². The third-order valence-electron chi connectivity index (χ3n) is 2.90. The molecular formula is C13H15NOS. The van der Waals surface area contributed by atoms with Crippen molar-refractivity contribution in [3.63, 3.8) is 0 Å². The summed E-state index contributed by atoms with van der Waals surface area (Å²) in [4.78, 5) is 0. The van der Waals surface area contributed by atoms with Crippen LogP contribution in [0.2, 0.25) is 0 Å². The second kappa shape index (κ2) is 5.38. The minimum absolute atomic E-state index is 0.347. The number of thioether (sulfide) groups is 1. The SMILES string of the molecule is CC1OCCC1SCc1ccccc1C#N. The summed E-state index contributed by atoms with van der Waals surface area (Å²) in [5, 5.41) is 9.55. The number of benzene rings is 1. The van der Waals surface area contributed by atoms with E-state index >= 15 is 0 Å². The summed E-state index contributed by atoms with van der Waals surface area (Å²) >= 11 is 1.90. The molecule has 0 aromatic heterocycles. The maximum atomic E-state index is 8.98. The molecule has 0 amide bonds. The Kier molecular flexibility index (Phi) is 3.87. The fourth-order valence-corrected chi connectivity index (χ4v) is 3.14. The topological polar surface area (TPSA) is 33.0 Å². The van der Waals surface area contributed by atoms with Crippen molar-refractivity contribution in [2.24, 2.45) is 0 Å². The number of nitrogens with zero attached hydrogens (tertiary/aromatic N) is 1. The van der Waals surface area contributed by atoms with Gasteiger partial charge in [-0.2, -0.15) is 17.0 Å². The largest absolute Gasteiger partial charge is 0.377 e. The van der Waals surface area contributed by atoms with Crippen LogP contribution < -0.4 is 0 Å². The Morgan fingerprint density at radius 2 is 2.31 bits per heavy atom. The van der Waals surface area contributed by atoms with Crippen LogP contribution in [0.15, 0.2) is 24.3 Å². The molecule has 1 aromatic rings. The Balaban J connectivity index is 1.97. The first-order valence-corrected chi connectivity index (χ1v) is 6.57. The number of hydrogen-bond acceptors (Lipinski definition) is 3. The van der Waals surface area contributed by atoms with Crippen molar-refractivity contribution in [1.29, 1.82) is 5.26 Å². The summed E-state index contributed by atoms with van der Waals surface area (Å²) in [5.74, 6) is 0.905. The van der Waals surface area contributed by atoms with E-state index < -0.39 is 0 Å². The summed E-state index contributed by atoms with van der Waals surface area (Å²) in [7, 11) is 0. The quantitative estimate of drug-likeness (QED) is 0.804. The Hall–Kier alpha value is -0.980. The lowest BCUT2D eigenvalue weighted by molar-refractivity contribution is 0.127.